The van der Waals surface area contributed by atoms with E-state index in [1.54, 1.807) is 7.11 Å². The minimum Gasteiger partial charge on any atom is -0.389 e. The monoisotopic (exact) mass is 283 g/mol. The molecule has 6 nitrogen and oxygen atoms in total. The molecule has 2 rings (SSSR count). The first-order valence-electron chi connectivity index (χ1n) is 5.92. The van der Waals surface area contributed by atoms with Crippen LogP contribution in [0.25, 0.3) is 10.2 Å². The lowest BCUT2D eigenvalue weighted by Crippen LogP contribution is -2.32. The minimum absolute atomic E-state index is 0.110. The normalized spacial score (nSPS) is 13.3. The van der Waals surface area contributed by atoms with Crippen LogP contribution in [0.5, 0.6) is 0 Å². The molecule has 1 atom stereocenters. The van der Waals surface area contributed by atoms with Crippen molar-refractivity contribution in [1.29, 1.82) is 0 Å². The number of aromatic amines is 1. The van der Waals surface area contributed by atoms with Crippen molar-refractivity contribution in [3.63, 3.8) is 0 Å². The van der Waals surface area contributed by atoms with E-state index in [0.29, 0.717) is 23.6 Å². The van der Waals surface area contributed by atoms with Crippen molar-refractivity contribution in [1.82, 2.24) is 14.9 Å². The molecule has 0 aromatic carbocycles. The van der Waals surface area contributed by atoms with Crippen molar-refractivity contribution in [2.45, 2.75) is 12.6 Å². The fourth-order valence-electron chi connectivity index (χ4n) is 1.92. The molecule has 19 heavy (non-hydrogen) atoms. The van der Waals surface area contributed by atoms with Crippen molar-refractivity contribution < 1.29 is 9.84 Å². The van der Waals surface area contributed by atoms with Gasteiger partial charge in [0.05, 0.1) is 24.8 Å². The van der Waals surface area contributed by atoms with Gasteiger partial charge in [-0.1, -0.05) is 0 Å². The molecule has 0 aliphatic heterocycles. The zero-order valence-corrected chi connectivity index (χ0v) is 11.7. The first-order valence-corrected chi connectivity index (χ1v) is 6.80. The van der Waals surface area contributed by atoms with Crippen LogP contribution in [0.15, 0.2) is 16.2 Å². The summed E-state index contributed by atoms with van der Waals surface area (Å²) in [5.41, 5.74) is 0.607. The third-order valence-corrected chi connectivity index (χ3v) is 3.57. The summed E-state index contributed by atoms with van der Waals surface area (Å²) >= 11 is 1.38. The lowest BCUT2D eigenvalue weighted by Gasteiger charge is -2.19. The van der Waals surface area contributed by atoms with Gasteiger partial charge in [0.1, 0.15) is 10.5 Å². The number of likely N-dealkylation sites (N-methyl/N-ethyl adjacent to an activating group) is 1. The van der Waals surface area contributed by atoms with Gasteiger partial charge >= 0.3 is 0 Å². The second kappa shape index (κ2) is 6.25. The molecule has 2 N–H and O–H groups in total. The number of thiophene rings is 1. The highest BCUT2D eigenvalue weighted by Gasteiger charge is 2.11. The Balaban J connectivity index is 2.06. The first-order chi connectivity index (χ1) is 9.10. The van der Waals surface area contributed by atoms with E-state index in [9.17, 15) is 9.90 Å². The van der Waals surface area contributed by atoms with Crippen LogP contribution in [0.3, 0.4) is 0 Å². The number of aromatic nitrogens is 2. The number of aliphatic hydroxyl groups is 1. The topological polar surface area (TPSA) is 78.5 Å². The van der Waals surface area contributed by atoms with Crippen LogP contribution >= 0.6 is 11.3 Å². The van der Waals surface area contributed by atoms with Gasteiger partial charge < -0.3 is 14.8 Å². The maximum absolute atomic E-state index is 11.8. The molecular formula is C12H17N3O3S. The molecule has 0 fully saturated rings. The van der Waals surface area contributed by atoms with E-state index in [0.717, 1.165) is 5.52 Å². The SMILES string of the molecule is COCC(O)CN(C)Cc1nc2ccsc2c(=O)[nH]1. The van der Waals surface area contributed by atoms with Gasteiger partial charge in [0.25, 0.3) is 5.56 Å². The number of aliphatic hydroxyl groups excluding tert-OH is 1. The summed E-state index contributed by atoms with van der Waals surface area (Å²) in [5.74, 6) is 0.600. The van der Waals surface area contributed by atoms with E-state index in [4.69, 9.17) is 4.74 Å². The molecule has 0 aliphatic rings. The number of hydrogen-bond acceptors (Lipinski definition) is 6. The van der Waals surface area contributed by atoms with Gasteiger partial charge in [0.2, 0.25) is 0 Å². The van der Waals surface area contributed by atoms with Gasteiger partial charge in [-0.25, -0.2) is 4.98 Å². The maximum Gasteiger partial charge on any atom is 0.268 e. The standard InChI is InChI=1S/C12H17N3O3S/c1-15(5-8(16)7-18-2)6-10-13-9-3-4-19-11(9)12(17)14-10/h3-4,8,16H,5-7H2,1-2H3,(H,13,14,17). The predicted molar refractivity (Wildman–Crippen MR) is 74.5 cm³/mol. The number of nitrogens with zero attached hydrogens (tertiary/aromatic N) is 2. The van der Waals surface area contributed by atoms with Gasteiger partial charge in [-0.3, -0.25) is 9.69 Å². The Labute approximate surface area is 114 Å². The number of nitrogens with one attached hydrogen (secondary N) is 1. The van der Waals surface area contributed by atoms with Crippen LogP contribution in [-0.4, -0.2) is 53.4 Å². The van der Waals surface area contributed by atoms with Crippen LogP contribution in [0, 0.1) is 0 Å². The second-order valence-electron chi connectivity index (χ2n) is 4.45. The third-order valence-electron chi connectivity index (χ3n) is 2.67. The Morgan fingerprint density at radius 1 is 1.63 bits per heavy atom. The maximum atomic E-state index is 11.8. The molecule has 0 radical (unpaired) electrons. The van der Waals surface area contributed by atoms with E-state index in [1.165, 1.54) is 11.3 Å². The van der Waals surface area contributed by atoms with Crippen LogP contribution < -0.4 is 5.56 Å². The molecule has 0 spiro atoms. The van der Waals surface area contributed by atoms with Gasteiger partial charge in [-0.15, -0.1) is 11.3 Å². The van der Waals surface area contributed by atoms with Gasteiger partial charge in [0, 0.05) is 13.7 Å². The van der Waals surface area contributed by atoms with Crippen LogP contribution in [0.4, 0.5) is 0 Å². The molecule has 0 aliphatic carbocycles. The molecule has 2 aromatic heterocycles. The zero-order valence-electron chi connectivity index (χ0n) is 10.9. The third kappa shape index (κ3) is 3.60. The van der Waals surface area contributed by atoms with Gasteiger partial charge in [0.15, 0.2) is 0 Å². The lowest BCUT2D eigenvalue weighted by molar-refractivity contribution is 0.0414. The molecule has 0 saturated carbocycles. The highest BCUT2D eigenvalue weighted by atomic mass is 32.1. The summed E-state index contributed by atoms with van der Waals surface area (Å²) in [6.45, 7) is 1.22. The smallest absolute Gasteiger partial charge is 0.268 e. The second-order valence-corrected chi connectivity index (χ2v) is 5.37. The van der Waals surface area contributed by atoms with Crippen molar-refractivity contribution in [3.8, 4) is 0 Å². The van der Waals surface area contributed by atoms with E-state index >= 15 is 0 Å². The van der Waals surface area contributed by atoms with Gasteiger partial charge in [-0.05, 0) is 18.5 Å². The van der Waals surface area contributed by atoms with Crippen LogP contribution in [-0.2, 0) is 11.3 Å². The summed E-state index contributed by atoms with van der Waals surface area (Å²) in [5, 5.41) is 11.5. The van der Waals surface area contributed by atoms with E-state index < -0.39 is 6.10 Å². The molecule has 2 heterocycles. The molecule has 2 aromatic rings. The fourth-order valence-corrected chi connectivity index (χ4v) is 2.65. The Hall–Kier alpha value is -1.28. The van der Waals surface area contributed by atoms with E-state index in [-0.39, 0.29) is 12.2 Å². The number of hydrogen-bond donors (Lipinski definition) is 2. The Morgan fingerprint density at radius 3 is 3.16 bits per heavy atom. The first kappa shape index (κ1) is 14.1. The molecule has 0 amide bonds. The summed E-state index contributed by atoms with van der Waals surface area (Å²) < 4.78 is 5.52. The lowest BCUT2D eigenvalue weighted by atomic mass is 10.3. The van der Waals surface area contributed by atoms with E-state index in [2.05, 4.69) is 9.97 Å². The average Bonchev–Trinajstić information content (AvgIpc) is 2.77. The Morgan fingerprint density at radius 2 is 2.42 bits per heavy atom. The summed E-state index contributed by atoms with van der Waals surface area (Å²) in [7, 11) is 3.41. The number of methoxy groups -OCH3 is 1. The Bertz CT molecular complexity index is 595. The quantitative estimate of drug-likeness (QED) is 0.803. The minimum atomic E-state index is -0.549. The number of fused-ring (bicyclic) bond motifs is 1. The fraction of sp³-hybridized carbons (Fsp3) is 0.500. The highest BCUT2D eigenvalue weighted by molar-refractivity contribution is 7.17. The molecule has 104 valence electrons. The van der Waals surface area contributed by atoms with Crippen LogP contribution in [0.1, 0.15) is 5.82 Å². The largest absolute Gasteiger partial charge is 0.389 e. The van der Waals surface area contributed by atoms with Crippen molar-refractivity contribution >= 4 is 21.6 Å². The predicted octanol–water partition coefficient (Wildman–Crippen LogP) is 0.424. The summed E-state index contributed by atoms with van der Waals surface area (Å²) in [4.78, 5) is 20.8. The number of H-pyrrole nitrogens is 1. The number of ether oxygens (including phenoxy) is 1. The molecular weight excluding hydrogens is 266 g/mol. The Kier molecular flexibility index (Phi) is 4.65. The molecule has 0 saturated heterocycles. The van der Waals surface area contributed by atoms with E-state index in [1.807, 2.05) is 23.4 Å². The summed E-state index contributed by atoms with van der Waals surface area (Å²) in [6, 6.07) is 1.83. The molecule has 0 bridgehead atoms. The van der Waals surface area contributed by atoms with Crippen molar-refractivity contribution in [2.75, 3.05) is 27.3 Å². The highest BCUT2D eigenvalue weighted by Crippen LogP contribution is 2.13. The van der Waals surface area contributed by atoms with Crippen molar-refractivity contribution in [2.24, 2.45) is 0 Å². The number of rotatable bonds is 6. The zero-order chi connectivity index (χ0) is 13.8. The summed E-state index contributed by atoms with van der Waals surface area (Å²) in [6.07, 6.45) is -0.549. The average molecular weight is 283 g/mol. The van der Waals surface area contributed by atoms with Crippen LogP contribution in [0.2, 0.25) is 0 Å². The molecule has 1 unspecified atom stereocenters. The van der Waals surface area contributed by atoms with Crippen molar-refractivity contribution in [3.05, 3.63) is 27.6 Å². The van der Waals surface area contributed by atoms with Gasteiger partial charge in [-0.2, -0.15) is 0 Å². The molecule has 7 heteroatoms.